The molecular weight excluding hydrogens is 434 g/mol. The van der Waals surface area contributed by atoms with Crippen LogP contribution in [0.1, 0.15) is 56.6 Å². The van der Waals surface area contributed by atoms with Gasteiger partial charge in [-0.3, -0.25) is 24.1 Å². The molecule has 0 saturated heterocycles. The maximum absolute atomic E-state index is 14.0. The van der Waals surface area contributed by atoms with Gasteiger partial charge in [-0.15, -0.1) is 0 Å². The van der Waals surface area contributed by atoms with E-state index in [1.54, 1.807) is 9.58 Å². The first-order valence-corrected chi connectivity index (χ1v) is 10.9. The average molecular weight is 458 g/mol. The molecule has 0 bridgehead atoms. The summed E-state index contributed by atoms with van der Waals surface area (Å²) in [6.45, 7) is 2.69. The van der Waals surface area contributed by atoms with E-state index in [0.29, 0.717) is 31.4 Å². The van der Waals surface area contributed by atoms with Gasteiger partial charge in [-0.1, -0.05) is 6.07 Å². The van der Waals surface area contributed by atoms with Crippen molar-refractivity contribution in [3.8, 4) is 0 Å². The van der Waals surface area contributed by atoms with Gasteiger partial charge < -0.3 is 15.0 Å². The van der Waals surface area contributed by atoms with Gasteiger partial charge in [0.1, 0.15) is 35.7 Å². The maximum atomic E-state index is 14.0. The molecule has 1 aromatic carbocycles. The van der Waals surface area contributed by atoms with Crippen molar-refractivity contribution >= 4 is 11.8 Å². The number of nitrogens with one attached hydrogen (secondary N) is 1. The number of amides is 2. The molecule has 2 aliphatic heterocycles. The Morgan fingerprint density at radius 1 is 1.24 bits per heavy atom. The van der Waals surface area contributed by atoms with E-state index in [-0.39, 0.29) is 34.8 Å². The summed E-state index contributed by atoms with van der Waals surface area (Å²) < 4.78 is 34.4. The van der Waals surface area contributed by atoms with Gasteiger partial charge in [0, 0.05) is 37.4 Å². The predicted octanol–water partition coefficient (Wildman–Crippen LogP) is 1.83. The zero-order chi connectivity index (χ0) is 23.4. The van der Waals surface area contributed by atoms with E-state index in [1.165, 1.54) is 20.1 Å². The molecule has 1 aliphatic carbocycles. The van der Waals surface area contributed by atoms with E-state index < -0.39 is 29.1 Å². The minimum atomic E-state index is -0.791. The van der Waals surface area contributed by atoms with Gasteiger partial charge in [-0.05, 0) is 31.7 Å². The molecule has 5 rings (SSSR count). The zero-order valence-electron chi connectivity index (χ0n) is 18.4. The number of carbonyl (C=O) groups is 2. The van der Waals surface area contributed by atoms with Crippen molar-refractivity contribution in [1.82, 2.24) is 14.9 Å². The highest BCUT2D eigenvalue weighted by Gasteiger charge is 2.44. The van der Waals surface area contributed by atoms with Crippen LogP contribution in [0.5, 0.6) is 0 Å². The van der Waals surface area contributed by atoms with Crippen LogP contribution in [0.15, 0.2) is 23.0 Å². The molecule has 1 aromatic heterocycles. The van der Waals surface area contributed by atoms with Crippen molar-refractivity contribution in [3.05, 3.63) is 68.1 Å². The average Bonchev–Trinajstić information content (AvgIpc) is 3.53. The largest absolute Gasteiger partial charge is 0.373 e. The van der Waals surface area contributed by atoms with E-state index in [1.807, 2.05) is 5.01 Å². The first-order chi connectivity index (χ1) is 15.8. The third kappa shape index (κ3) is 3.58. The van der Waals surface area contributed by atoms with Gasteiger partial charge in [0.05, 0.1) is 12.2 Å². The molecule has 1 unspecified atom stereocenters. The molecule has 2 aromatic rings. The monoisotopic (exact) mass is 458 g/mol. The van der Waals surface area contributed by atoms with E-state index in [9.17, 15) is 23.2 Å². The molecule has 1 fully saturated rings. The Balaban J connectivity index is 1.53. The number of methoxy groups -OCH3 is 1. The van der Waals surface area contributed by atoms with Crippen LogP contribution >= 0.6 is 0 Å². The molecule has 1 atom stereocenters. The number of ether oxygens (including phenoxy) is 1. The van der Waals surface area contributed by atoms with E-state index in [2.05, 4.69) is 5.32 Å². The van der Waals surface area contributed by atoms with Crippen LogP contribution < -0.4 is 15.8 Å². The van der Waals surface area contributed by atoms with Crippen molar-refractivity contribution in [2.24, 2.45) is 5.92 Å². The second-order valence-electron chi connectivity index (χ2n) is 8.82. The van der Waals surface area contributed by atoms with Crippen LogP contribution in [0.25, 0.3) is 0 Å². The summed E-state index contributed by atoms with van der Waals surface area (Å²) in [6.07, 6.45) is 1.60. The summed E-state index contributed by atoms with van der Waals surface area (Å²) in [7, 11) is 1.49. The highest BCUT2D eigenvalue weighted by atomic mass is 19.1. The Bertz CT molecular complexity index is 1220. The lowest BCUT2D eigenvalue weighted by Crippen LogP contribution is -2.54. The number of nitrogens with zero attached hydrogens (tertiary/aromatic N) is 3. The van der Waals surface area contributed by atoms with Gasteiger partial charge in [0.15, 0.2) is 5.43 Å². The summed E-state index contributed by atoms with van der Waals surface area (Å²) in [6, 6.07) is 3.07. The number of benzene rings is 1. The number of halogens is 2. The molecule has 3 aliphatic rings. The highest BCUT2D eigenvalue weighted by molar-refractivity contribution is 5.99. The summed E-state index contributed by atoms with van der Waals surface area (Å²) in [5.41, 5.74) is 0.161. The van der Waals surface area contributed by atoms with Crippen molar-refractivity contribution in [3.63, 3.8) is 0 Å². The molecule has 2 amide bonds. The Hall–Kier alpha value is -3.27. The molecule has 0 spiro atoms. The number of carbonyl (C=O) groups excluding carboxylic acids is 2. The van der Waals surface area contributed by atoms with Crippen molar-refractivity contribution in [1.29, 1.82) is 0 Å². The van der Waals surface area contributed by atoms with Crippen LogP contribution in [0.3, 0.4) is 0 Å². The third-order valence-corrected chi connectivity index (χ3v) is 6.55. The topological polar surface area (TPSA) is 83.9 Å². The van der Waals surface area contributed by atoms with Crippen molar-refractivity contribution < 1.29 is 23.1 Å². The first-order valence-electron chi connectivity index (χ1n) is 10.9. The lowest BCUT2D eigenvalue weighted by molar-refractivity contribution is 0.0682. The fourth-order valence-electron chi connectivity index (χ4n) is 4.62. The lowest BCUT2D eigenvalue weighted by Gasteiger charge is -2.37. The molecule has 8 nitrogen and oxygen atoms in total. The van der Waals surface area contributed by atoms with Crippen molar-refractivity contribution in [2.75, 3.05) is 31.9 Å². The SMILES string of the molecule is COC1CN2CN(CC3CC3)C(=O)c3c(C)c(=O)c(C(=O)NCc4ccc(F)cc4F)c1n32. The van der Waals surface area contributed by atoms with Gasteiger partial charge in [0.2, 0.25) is 0 Å². The summed E-state index contributed by atoms with van der Waals surface area (Å²) in [5.74, 6) is -1.95. The zero-order valence-corrected chi connectivity index (χ0v) is 18.4. The summed E-state index contributed by atoms with van der Waals surface area (Å²) >= 11 is 0. The van der Waals surface area contributed by atoms with Gasteiger partial charge in [-0.2, -0.15) is 0 Å². The van der Waals surface area contributed by atoms with Crippen LogP contribution in [0.4, 0.5) is 8.78 Å². The Kier molecular flexibility index (Phi) is 5.19. The molecule has 0 radical (unpaired) electrons. The highest BCUT2D eigenvalue weighted by Crippen LogP contribution is 2.35. The summed E-state index contributed by atoms with van der Waals surface area (Å²) in [4.78, 5) is 41.4. The minimum absolute atomic E-state index is 0.0896. The smallest absolute Gasteiger partial charge is 0.274 e. The fourth-order valence-corrected chi connectivity index (χ4v) is 4.62. The van der Waals surface area contributed by atoms with Gasteiger partial charge in [0.25, 0.3) is 11.8 Å². The Labute approximate surface area is 188 Å². The van der Waals surface area contributed by atoms with Crippen LogP contribution in [0.2, 0.25) is 0 Å². The third-order valence-electron chi connectivity index (χ3n) is 6.55. The normalized spacial score (nSPS) is 19.2. The van der Waals surface area contributed by atoms with E-state index in [0.717, 1.165) is 25.0 Å². The standard InChI is InChI=1S/C23H24F2N4O4/c1-12-19-23(32)27(9-13-3-4-13)11-28-10-17(33-2)20(29(19)28)18(21(12)30)22(31)26-8-14-5-6-15(24)7-16(14)25/h5-7,13,17H,3-4,8-11H2,1-2H3,(H,26,31). The second kappa shape index (κ2) is 7.95. The number of hydrogen-bond acceptors (Lipinski definition) is 5. The van der Waals surface area contributed by atoms with Crippen LogP contribution in [-0.2, 0) is 11.3 Å². The van der Waals surface area contributed by atoms with E-state index >= 15 is 0 Å². The molecule has 174 valence electrons. The lowest BCUT2D eigenvalue weighted by atomic mass is 10.0. The van der Waals surface area contributed by atoms with Crippen LogP contribution in [-0.4, -0.2) is 48.3 Å². The Morgan fingerprint density at radius 3 is 2.67 bits per heavy atom. The molecule has 33 heavy (non-hydrogen) atoms. The van der Waals surface area contributed by atoms with Crippen molar-refractivity contribution in [2.45, 2.75) is 32.4 Å². The van der Waals surface area contributed by atoms with Crippen LogP contribution in [0, 0.1) is 24.5 Å². The predicted molar refractivity (Wildman–Crippen MR) is 114 cm³/mol. The summed E-state index contributed by atoms with van der Waals surface area (Å²) in [5, 5.41) is 4.47. The maximum Gasteiger partial charge on any atom is 0.274 e. The number of rotatable bonds is 6. The quantitative estimate of drug-likeness (QED) is 0.714. The molecular formula is C23H24F2N4O4. The molecule has 10 heteroatoms. The Morgan fingerprint density at radius 2 is 2.00 bits per heavy atom. The van der Waals surface area contributed by atoms with Gasteiger partial charge >= 0.3 is 0 Å². The molecule has 3 heterocycles. The van der Waals surface area contributed by atoms with E-state index in [4.69, 9.17) is 4.74 Å². The first kappa shape index (κ1) is 21.6. The number of aromatic nitrogens is 1. The molecule has 1 saturated carbocycles. The number of hydrogen-bond donors (Lipinski definition) is 1. The second-order valence-corrected chi connectivity index (χ2v) is 8.82. The molecule has 1 N–H and O–H groups in total. The minimum Gasteiger partial charge on any atom is -0.373 e. The number of pyridine rings is 1. The van der Waals surface area contributed by atoms with Gasteiger partial charge in [-0.25, -0.2) is 8.78 Å². The fraction of sp³-hybridized carbons (Fsp3) is 0.435.